The molecule has 1 atom stereocenters. The van der Waals surface area contributed by atoms with Crippen molar-refractivity contribution in [2.45, 2.75) is 19.6 Å². The lowest BCUT2D eigenvalue weighted by Gasteiger charge is -2.12. The third kappa shape index (κ3) is 8.18. The monoisotopic (exact) mass is 287 g/mol. The molecule has 0 aliphatic heterocycles. The van der Waals surface area contributed by atoms with Crippen LogP contribution in [-0.2, 0) is 16.0 Å². The fourth-order valence-electron chi connectivity index (χ4n) is 1.53. The maximum Gasteiger partial charge on any atom is 0.0897 e. The molecule has 0 aliphatic carbocycles. The molecule has 1 unspecified atom stereocenters. The van der Waals surface area contributed by atoms with Crippen molar-refractivity contribution in [3.05, 3.63) is 34.9 Å². The number of hydrogen-bond acceptors (Lipinski definition) is 4. The molecule has 0 aromatic heterocycles. The maximum atomic E-state index is 9.68. The summed E-state index contributed by atoms with van der Waals surface area (Å²) in [5, 5.41) is 13.6. The molecule has 2 N–H and O–H groups in total. The van der Waals surface area contributed by atoms with Gasteiger partial charge < -0.3 is 19.9 Å². The minimum atomic E-state index is -0.506. The van der Waals surface area contributed by atoms with Crippen molar-refractivity contribution >= 4 is 11.6 Å². The largest absolute Gasteiger partial charge is 0.389 e. The van der Waals surface area contributed by atoms with Gasteiger partial charge >= 0.3 is 0 Å². The van der Waals surface area contributed by atoms with Crippen LogP contribution in [0.25, 0.3) is 0 Å². The van der Waals surface area contributed by atoms with Crippen molar-refractivity contribution in [2.24, 2.45) is 0 Å². The second kappa shape index (κ2) is 10.2. The third-order valence-electron chi connectivity index (χ3n) is 2.51. The molecule has 0 spiro atoms. The summed E-state index contributed by atoms with van der Waals surface area (Å²) in [4.78, 5) is 0. The number of ether oxygens (including phenoxy) is 2. The Kier molecular flexibility index (Phi) is 8.79. The molecular weight excluding hydrogens is 266 g/mol. The third-order valence-corrected chi connectivity index (χ3v) is 2.76. The summed E-state index contributed by atoms with van der Waals surface area (Å²) >= 11 is 5.80. The van der Waals surface area contributed by atoms with E-state index in [4.69, 9.17) is 21.1 Å². The zero-order chi connectivity index (χ0) is 13.9. The van der Waals surface area contributed by atoms with Gasteiger partial charge in [0.2, 0.25) is 0 Å². The van der Waals surface area contributed by atoms with Gasteiger partial charge in [-0.25, -0.2) is 0 Å². The van der Waals surface area contributed by atoms with E-state index in [2.05, 4.69) is 5.32 Å². The standard InChI is InChI=1S/C14H22ClNO3/c1-2-18-7-8-19-11-14(17)10-16-9-12-3-5-13(15)6-4-12/h3-6,14,16-17H,2,7-11H2,1H3. The summed E-state index contributed by atoms with van der Waals surface area (Å²) in [6.45, 7) is 5.23. The Morgan fingerprint density at radius 2 is 1.89 bits per heavy atom. The van der Waals surface area contributed by atoms with Gasteiger partial charge in [-0.1, -0.05) is 23.7 Å². The fourth-order valence-corrected chi connectivity index (χ4v) is 1.65. The van der Waals surface area contributed by atoms with Crippen molar-refractivity contribution in [1.82, 2.24) is 5.32 Å². The van der Waals surface area contributed by atoms with E-state index in [1.807, 2.05) is 31.2 Å². The zero-order valence-electron chi connectivity index (χ0n) is 11.3. The van der Waals surface area contributed by atoms with Gasteiger partial charge in [-0.2, -0.15) is 0 Å². The summed E-state index contributed by atoms with van der Waals surface area (Å²) in [5.74, 6) is 0. The first-order valence-electron chi connectivity index (χ1n) is 6.51. The molecule has 0 fully saturated rings. The Balaban J connectivity index is 2.03. The van der Waals surface area contributed by atoms with E-state index in [0.717, 1.165) is 10.6 Å². The normalized spacial score (nSPS) is 12.6. The molecule has 5 heteroatoms. The SMILES string of the molecule is CCOCCOCC(O)CNCc1ccc(Cl)cc1. The smallest absolute Gasteiger partial charge is 0.0897 e. The van der Waals surface area contributed by atoms with E-state index in [1.165, 1.54) is 0 Å². The highest BCUT2D eigenvalue weighted by molar-refractivity contribution is 6.30. The number of hydrogen-bond donors (Lipinski definition) is 2. The average Bonchev–Trinajstić information content (AvgIpc) is 2.41. The number of benzene rings is 1. The predicted octanol–water partition coefficient (Wildman–Crippen LogP) is 1.84. The van der Waals surface area contributed by atoms with Crippen LogP contribution in [0.2, 0.25) is 5.02 Å². The lowest BCUT2D eigenvalue weighted by molar-refractivity contribution is 0.00643. The quantitative estimate of drug-likeness (QED) is 0.645. The summed E-state index contributed by atoms with van der Waals surface area (Å²) in [5.41, 5.74) is 1.13. The van der Waals surface area contributed by atoms with Crippen molar-refractivity contribution in [2.75, 3.05) is 33.0 Å². The van der Waals surface area contributed by atoms with Crippen LogP contribution in [0.1, 0.15) is 12.5 Å². The minimum absolute atomic E-state index is 0.320. The van der Waals surface area contributed by atoms with Crippen LogP contribution in [0.5, 0.6) is 0 Å². The Morgan fingerprint density at radius 1 is 1.21 bits per heavy atom. The summed E-state index contributed by atoms with van der Waals surface area (Å²) < 4.78 is 10.4. The summed E-state index contributed by atoms with van der Waals surface area (Å²) in [7, 11) is 0. The number of aliphatic hydroxyl groups excluding tert-OH is 1. The van der Waals surface area contributed by atoms with Gasteiger partial charge in [-0.15, -0.1) is 0 Å². The Labute approximate surface area is 119 Å². The molecule has 0 heterocycles. The van der Waals surface area contributed by atoms with Crippen LogP contribution in [0.15, 0.2) is 24.3 Å². The molecule has 1 aromatic rings. The Bertz CT molecular complexity index is 332. The second-order valence-electron chi connectivity index (χ2n) is 4.18. The minimum Gasteiger partial charge on any atom is -0.389 e. The number of aliphatic hydroxyl groups is 1. The van der Waals surface area contributed by atoms with Crippen molar-refractivity contribution in [3.63, 3.8) is 0 Å². The highest BCUT2D eigenvalue weighted by Crippen LogP contribution is 2.08. The van der Waals surface area contributed by atoms with Crippen LogP contribution in [-0.4, -0.2) is 44.2 Å². The van der Waals surface area contributed by atoms with E-state index in [-0.39, 0.29) is 0 Å². The van der Waals surface area contributed by atoms with Crippen LogP contribution in [0, 0.1) is 0 Å². The van der Waals surface area contributed by atoms with Gasteiger partial charge in [0.1, 0.15) is 0 Å². The molecule has 1 rings (SSSR count). The molecule has 0 saturated heterocycles. The topological polar surface area (TPSA) is 50.7 Å². The first-order chi connectivity index (χ1) is 9.22. The molecule has 108 valence electrons. The summed E-state index contributed by atoms with van der Waals surface area (Å²) in [6, 6.07) is 7.62. The van der Waals surface area contributed by atoms with E-state index in [1.54, 1.807) is 0 Å². The molecule has 0 bridgehead atoms. The van der Waals surface area contributed by atoms with E-state index >= 15 is 0 Å². The molecule has 4 nitrogen and oxygen atoms in total. The van der Waals surface area contributed by atoms with E-state index < -0.39 is 6.10 Å². The molecular formula is C14H22ClNO3. The lowest BCUT2D eigenvalue weighted by Crippen LogP contribution is -2.30. The van der Waals surface area contributed by atoms with Crippen molar-refractivity contribution < 1.29 is 14.6 Å². The lowest BCUT2D eigenvalue weighted by atomic mass is 10.2. The fraction of sp³-hybridized carbons (Fsp3) is 0.571. The van der Waals surface area contributed by atoms with Crippen molar-refractivity contribution in [1.29, 1.82) is 0 Å². The van der Waals surface area contributed by atoms with Gasteiger partial charge in [0, 0.05) is 24.7 Å². The number of rotatable bonds is 10. The Morgan fingerprint density at radius 3 is 2.58 bits per heavy atom. The van der Waals surface area contributed by atoms with Gasteiger partial charge in [0.15, 0.2) is 0 Å². The summed E-state index contributed by atoms with van der Waals surface area (Å²) in [6.07, 6.45) is -0.506. The van der Waals surface area contributed by atoms with Crippen LogP contribution >= 0.6 is 11.6 Å². The molecule has 19 heavy (non-hydrogen) atoms. The van der Waals surface area contributed by atoms with Crippen LogP contribution in [0.3, 0.4) is 0 Å². The van der Waals surface area contributed by atoms with Gasteiger partial charge in [0.05, 0.1) is 25.9 Å². The van der Waals surface area contributed by atoms with Crippen LogP contribution in [0.4, 0.5) is 0 Å². The predicted molar refractivity (Wildman–Crippen MR) is 76.5 cm³/mol. The molecule has 0 radical (unpaired) electrons. The van der Waals surface area contributed by atoms with E-state index in [0.29, 0.717) is 39.5 Å². The molecule has 0 saturated carbocycles. The molecule has 1 aromatic carbocycles. The highest BCUT2D eigenvalue weighted by atomic mass is 35.5. The molecule has 0 amide bonds. The van der Waals surface area contributed by atoms with E-state index in [9.17, 15) is 5.11 Å². The Hall–Kier alpha value is -0.650. The second-order valence-corrected chi connectivity index (χ2v) is 4.62. The molecule has 0 aliphatic rings. The average molecular weight is 288 g/mol. The number of halogens is 1. The van der Waals surface area contributed by atoms with Crippen LogP contribution < -0.4 is 5.32 Å². The first-order valence-corrected chi connectivity index (χ1v) is 6.89. The number of nitrogens with one attached hydrogen (secondary N) is 1. The van der Waals surface area contributed by atoms with Gasteiger partial charge in [-0.05, 0) is 24.6 Å². The first kappa shape index (κ1) is 16.4. The van der Waals surface area contributed by atoms with Crippen molar-refractivity contribution in [3.8, 4) is 0 Å². The van der Waals surface area contributed by atoms with Gasteiger partial charge in [0.25, 0.3) is 0 Å². The maximum absolute atomic E-state index is 9.68. The van der Waals surface area contributed by atoms with Gasteiger partial charge in [-0.3, -0.25) is 0 Å². The zero-order valence-corrected chi connectivity index (χ0v) is 12.0. The highest BCUT2D eigenvalue weighted by Gasteiger charge is 2.03.